The number of amides is 1. The number of aromatic hydroxyl groups is 1. The Labute approximate surface area is 324 Å². The first-order chi connectivity index (χ1) is 26.5. The molecule has 7 rings (SSSR count). The van der Waals surface area contributed by atoms with Crippen molar-refractivity contribution < 1.29 is 43.2 Å². The fourth-order valence-corrected chi connectivity index (χ4v) is 10.4. The molecule has 1 fully saturated rings. The normalized spacial score (nSPS) is 24.2. The average molecular weight is 769 g/mol. The number of nitrogens with zero attached hydrogens (tertiary/aromatic N) is 3. The summed E-state index contributed by atoms with van der Waals surface area (Å²) in [7, 11) is 3.48. The minimum Gasteiger partial charge on any atom is -0.504 e. The minimum absolute atomic E-state index is 0.0197. The molecule has 4 heterocycles. The van der Waals surface area contributed by atoms with Crippen molar-refractivity contribution in [2.75, 3.05) is 33.3 Å². The number of likely N-dealkylation sites (N-methyl/N-ethyl adjacent to an activating group) is 1. The number of carbonyl (C=O) groups is 3. The van der Waals surface area contributed by atoms with Crippen LogP contribution < -0.4 is 24.3 Å². The lowest BCUT2D eigenvalue weighted by molar-refractivity contribution is -0.134. The first-order valence-electron chi connectivity index (χ1n) is 18.1. The SMILES string of the molecule is COc1c(C)cc2c(c1O)[C@H]1C3[C@H](SC[C@@H](C)NC(=O)/C=C/c4ccccc4)c4c(OC(C)=O)c(C)c5c(c4[C@H](COC=O)N3[C@@H](C#N)[C@H](C2)N1C)OCO5. The highest BCUT2D eigenvalue weighted by molar-refractivity contribution is 7.99. The molecule has 0 aromatic heterocycles. The Hall–Kier alpha value is -5.23. The van der Waals surface area contributed by atoms with E-state index in [9.17, 15) is 24.8 Å². The van der Waals surface area contributed by atoms with Crippen LogP contribution in [0, 0.1) is 25.2 Å². The maximum absolute atomic E-state index is 13.1. The molecule has 0 radical (unpaired) electrons. The Balaban J connectivity index is 1.41. The number of carbonyl (C=O) groups excluding carboxylic acids is 3. The number of fused-ring (bicyclic) bond motifs is 9. The summed E-state index contributed by atoms with van der Waals surface area (Å²) in [6.07, 6.45) is 3.72. The van der Waals surface area contributed by atoms with Crippen molar-refractivity contribution in [2.24, 2.45) is 0 Å². The summed E-state index contributed by atoms with van der Waals surface area (Å²) in [5.41, 5.74) is 5.05. The van der Waals surface area contributed by atoms with E-state index in [2.05, 4.69) is 21.2 Å². The van der Waals surface area contributed by atoms with Crippen molar-refractivity contribution in [1.82, 2.24) is 15.1 Å². The van der Waals surface area contributed by atoms with Gasteiger partial charge in [-0.2, -0.15) is 5.26 Å². The number of piperazine rings is 1. The number of aryl methyl sites for hydroxylation is 1. The van der Waals surface area contributed by atoms with Crippen LogP contribution in [-0.4, -0.2) is 90.7 Å². The van der Waals surface area contributed by atoms with Crippen molar-refractivity contribution in [1.29, 1.82) is 5.26 Å². The lowest BCUT2D eigenvalue weighted by Gasteiger charge is -2.61. The van der Waals surface area contributed by atoms with Gasteiger partial charge in [-0.15, -0.1) is 11.8 Å². The van der Waals surface area contributed by atoms with Gasteiger partial charge in [0.05, 0.1) is 30.5 Å². The predicted molar refractivity (Wildman–Crippen MR) is 204 cm³/mol. The van der Waals surface area contributed by atoms with Crippen LogP contribution in [0.15, 0.2) is 42.5 Å². The molecule has 3 aromatic carbocycles. The maximum Gasteiger partial charge on any atom is 0.308 e. The Morgan fingerprint density at radius 3 is 2.58 bits per heavy atom. The first kappa shape index (κ1) is 38.1. The van der Waals surface area contributed by atoms with Gasteiger partial charge >= 0.3 is 5.97 Å². The van der Waals surface area contributed by atoms with E-state index in [-0.39, 0.29) is 37.1 Å². The molecule has 1 unspecified atom stereocenters. The van der Waals surface area contributed by atoms with Gasteiger partial charge in [0.2, 0.25) is 12.7 Å². The summed E-state index contributed by atoms with van der Waals surface area (Å²) in [4.78, 5) is 42.0. The Morgan fingerprint density at radius 1 is 1.15 bits per heavy atom. The molecular weight excluding hydrogens is 725 g/mol. The molecule has 55 heavy (non-hydrogen) atoms. The second kappa shape index (κ2) is 15.5. The predicted octanol–water partition coefficient (Wildman–Crippen LogP) is 5.07. The third-order valence-corrected chi connectivity index (χ3v) is 12.6. The maximum atomic E-state index is 13.1. The van der Waals surface area contributed by atoms with E-state index in [1.807, 2.05) is 57.3 Å². The van der Waals surface area contributed by atoms with Crippen molar-refractivity contribution in [3.63, 3.8) is 0 Å². The number of esters is 1. The smallest absolute Gasteiger partial charge is 0.308 e. The standard InChI is InChI=1S/C41H44N4O9S/c1-21-14-26-15-27-28(16-42)45-29(17-51-19-46)32-33(38(54-24(4)47)23(3)39-40(32)53-20-52-39)41(35(45)34(44(27)5)31(26)36(49)37(21)50-6)55-18-22(2)43-30(48)13-12-25-10-8-7-9-11-25/h7-14,19,22,27-29,34-35,41,49H,15,17-18,20H2,1-6H3,(H,43,48)/b13-12+/t22-,27+,28+,29+,34+,35?,41-/m1/s1. The van der Waals surface area contributed by atoms with E-state index in [4.69, 9.17) is 23.7 Å². The topological polar surface area (TPSA) is 160 Å². The molecule has 4 aliphatic heterocycles. The molecule has 3 aromatic rings. The van der Waals surface area contributed by atoms with Gasteiger partial charge in [-0.3, -0.25) is 24.2 Å². The monoisotopic (exact) mass is 768 g/mol. The van der Waals surface area contributed by atoms with Gasteiger partial charge in [-0.25, -0.2) is 0 Å². The van der Waals surface area contributed by atoms with Crippen molar-refractivity contribution in [3.05, 3.63) is 81.4 Å². The van der Waals surface area contributed by atoms with Gasteiger partial charge in [0, 0.05) is 59.1 Å². The first-order valence-corrected chi connectivity index (χ1v) is 19.2. The van der Waals surface area contributed by atoms with Gasteiger partial charge in [0.25, 0.3) is 6.47 Å². The second-order valence-corrected chi connectivity index (χ2v) is 15.5. The van der Waals surface area contributed by atoms with Crippen molar-refractivity contribution >= 4 is 36.2 Å². The second-order valence-electron chi connectivity index (χ2n) is 14.3. The molecule has 0 aliphatic carbocycles. The third-order valence-electron chi connectivity index (χ3n) is 11.0. The molecular formula is C41H44N4O9S. The average Bonchev–Trinajstić information content (AvgIpc) is 3.65. The van der Waals surface area contributed by atoms with Gasteiger partial charge < -0.3 is 34.1 Å². The summed E-state index contributed by atoms with van der Waals surface area (Å²) >= 11 is 1.54. The summed E-state index contributed by atoms with van der Waals surface area (Å²) in [6, 6.07) is 11.0. The summed E-state index contributed by atoms with van der Waals surface area (Å²) < 4.78 is 29.4. The largest absolute Gasteiger partial charge is 0.504 e. The molecule has 0 saturated carbocycles. The van der Waals surface area contributed by atoms with Crippen molar-refractivity contribution in [3.8, 4) is 34.8 Å². The van der Waals surface area contributed by atoms with Crippen LogP contribution in [-0.2, 0) is 25.5 Å². The zero-order valence-corrected chi connectivity index (χ0v) is 32.3. The van der Waals surface area contributed by atoms with Gasteiger partial charge in [-0.05, 0) is 57.0 Å². The molecule has 1 amide bonds. The molecule has 2 bridgehead atoms. The van der Waals surface area contributed by atoms with Gasteiger partial charge in [0.15, 0.2) is 23.0 Å². The molecule has 2 N–H and O–H groups in total. The van der Waals surface area contributed by atoms with Crippen LogP contribution in [0.2, 0.25) is 0 Å². The highest BCUT2D eigenvalue weighted by Gasteiger charge is 2.60. The summed E-state index contributed by atoms with van der Waals surface area (Å²) in [6.45, 7) is 7.08. The van der Waals surface area contributed by atoms with E-state index >= 15 is 0 Å². The lowest BCUT2D eigenvalue weighted by Crippen LogP contribution is -2.69. The van der Waals surface area contributed by atoms with Crippen LogP contribution in [0.4, 0.5) is 0 Å². The number of phenolic OH excluding ortho intramolecular Hbond substituents is 1. The number of hydrogen-bond acceptors (Lipinski definition) is 13. The van der Waals surface area contributed by atoms with E-state index in [1.54, 1.807) is 13.0 Å². The van der Waals surface area contributed by atoms with Crippen LogP contribution in [0.1, 0.15) is 70.1 Å². The number of methoxy groups -OCH3 is 1. The number of ether oxygens (including phenoxy) is 5. The van der Waals surface area contributed by atoms with Crippen LogP contribution in [0.3, 0.4) is 0 Å². The number of rotatable bonds is 11. The Kier molecular flexibility index (Phi) is 10.7. The highest BCUT2D eigenvalue weighted by atomic mass is 32.2. The molecule has 0 spiro atoms. The van der Waals surface area contributed by atoms with Crippen LogP contribution >= 0.6 is 11.8 Å². The quantitative estimate of drug-likeness (QED) is 0.115. The lowest BCUT2D eigenvalue weighted by atomic mass is 9.71. The number of benzene rings is 3. The molecule has 288 valence electrons. The zero-order chi connectivity index (χ0) is 39.1. The van der Waals surface area contributed by atoms with E-state index in [1.165, 1.54) is 31.9 Å². The number of phenols is 1. The Bertz CT molecular complexity index is 2090. The number of nitrogens with one attached hydrogen (secondary N) is 1. The molecule has 1 saturated heterocycles. The molecule has 14 heteroatoms. The minimum atomic E-state index is -0.730. The van der Waals surface area contributed by atoms with Crippen LogP contribution in [0.5, 0.6) is 28.7 Å². The van der Waals surface area contributed by atoms with E-state index in [0.29, 0.717) is 63.9 Å². The number of nitriles is 1. The summed E-state index contributed by atoms with van der Waals surface area (Å²) in [5, 5.41) is 25.5. The number of hydrogen-bond donors (Lipinski definition) is 2. The molecule has 7 atom stereocenters. The van der Waals surface area contributed by atoms with Gasteiger partial charge in [-0.1, -0.05) is 36.4 Å². The van der Waals surface area contributed by atoms with E-state index in [0.717, 1.165) is 16.7 Å². The van der Waals surface area contributed by atoms with E-state index < -0.39 is 35.4 Å². The Morgan fingerprint density at radius 2 is 1.89 bits per heavy atom. The number of thioether (sulfide) groups is 1. The van der Waals surface area contributed by atoms with Gasteiger partial charge in [0.1, 0.15) is 18.4 Å². The highest BCUT2D eigenvalue weighted by Crippen LogP contribution is 2.63. The molecule has 13 nitrogen and oxygen atoms in total. The van der Waals surface area contributed by atoms with Crippen molar-refractivity contribution in [2.45, 2.75) is 75.6 Å². The molecule has 4 aliphatic rings. The zero-order valence-electron chi connectivity index (χ0n) is 31.5. The third kappa shape index (κ3) is 6.64. The summed E-state index contributed by atoms with van der Waals surface area (Å²) in [5.74, 6) is 1.13. The fraction of sp³-hybridized carbons (Fsp3) is 0.415. The fourth-order valence-electron chi connectivity index (χ4n) is 8.88. The van der Waals surface area contributed by atoms with Crippen LogP contribution in [0.25, 0.3) is 6.08 Å².